The van der Waals surface area contributed by atoms with Crippen molar-refractivity contribution in [3.8, 4) is 17.3 Å². The van der Waals surface area contributed by atoms with Crippen LogP contribution in [0.15, 0.2) is 29.3 Å². The van der Waals surface area contributed by atoms with Gasteiger partial charge >= 0.3 is 0 Å². The molecule has 0 aliphatic heterocycles. The Morgan fingerprint density at radius 2 is 1.75 bits per heavy atom. The van der Waals surface area contributed by atoms with Crippen LogP contribution in [0.4, 0.5) is 0 Å². The summed E-state index contributed by atoms with van der Waals surface area (Å²) in [6.45, 7) is 0. The van der Waals surface area contributed by atoms with Gasteiger partial charge in [0.05, 0.1) is 17.3 Å². The summed E-state index contributed by atoms with van der Waals surface area (Å²) >= 11 is 11.2. The van der Waals surface area contributed by atoms with Crippen molar-refractivity contribution in [1.29, 1.82) is 5.26 Å². The van der Waals surface area contributed by atoms with Crippen molar-refractivity contribution in [1.82, 2.24) is 4.98 Å². The zero-order valence-corrected chi connectivity index (χ0v) is 12.4. The lowest BCUT2D eigenvalue weighted by Gasteiger charge is -2.24. The quantitative estimate of drug-likeness (QED) is 0.745. The second kappa shape index (κ2) is 5.40. The van der Waals surface area contributed by atoms with Crippen molar-refractivity contribution < 1.29 is 0 Å². The van der Waals surface area contributed by atoms with E-state index in [1.807, 2.05) is 24.3 Å². The van der Waals surface area contributed by atoms with E-state index in [-0.39, 0.29) is 0 Å². The van der Waals surface area contributed by atoms with Crippen LogP contribution in [-0.2, 0) is 25.5 Å². The summed E-state index contributed by atoms with van der Waals surface area (Å²) in [4.78, 5) is 4.51. The Morgan fingerprint density at radius 1 is 1.10 bits per heavy atom. The van der Waals surface area contributed by atoms with Gasteiger partial charge in [-0.3, -0.25) is 4.98 Å². The Kier molecular flexibility index (Phi) is 3.60. The number of nitrogens with zero attached hydrogens (tertiary/aromatic N) is 2. The maximum atomic E-state index is 9.30. The van der Waals surface area contributed by atoms with E-state index in [4.69, 9.17) is 24.2 Å². The van der Waals surface area contributed by atoms with E-state index in [0.29, 0.717) is 15.6 Å². The molecular formula is C16H12ClN2S-. The van der Waals surface area contributed by atoms with E-state index in [1.165, 1.54) is 5.56 Å². The molecule has 0 saturated carbocycles. The molecule has 1 aliphatic carbocycles. The second-order valence-electron chi connectivity index (χ2n) is 4.92. The maximum absolute atomic E-state index is 9.30. The predicted molar refractivity (Wildman–Crippen MR) is 81.7 cm³/mol. The van der Waals surface area contributed by atoms with Crippen molar-refractivity contribution in [2.24, 2.45) is 0 Å². The summed E-state index contributed by atoms with van der Waals surface area (Å²) < 4.78 is 0. The zero-order valence-electron chi connectivity index (χ0n) is 10.8. The molecule has 0 amide bonds. The zero-order chi connectivity index (χ0) is 14.1. The lowest BCUT2D eigenvalue weighted by atomic mass is 9.86. The standard InChI is InChI=1S/C16H13ClN2S/c17-11-7-5-10(6-8-11)15-13-4-2-1-3-12(13)14(9-18)16(20)19-15/h5-8H,1-4H2,(H,19,20)/p-1. The van der Waals surface area contributed by atoms with Crippen LogP contribution in [0, 0.1) is 11.3 Å². The summed E-state index contributed by atoms with van der Waals surface area (Å²) in [5.41, 5.74) is 4.81. The van der Waals surface area contributed by atoms with Gasteiger partial charge in [-0.25, -0.2) is 0 Å². The molecule has 2 nitrogen and oxygen atoms in total. The molecule has 4 heteroatoms. The molecule has 0 saturated heterocycles. The topological polar surface area (TPSA) is 36.7 Å². The number of halogens is 1. The van der Waals surface area contributed by atoms with Gasteiger partial charge in [0.1, 0.15) is 0 Å². The summed E-state index contributed by atoms with van der Waals surface area (Å²) in [7, 11) is 0. The largest absolute Gasteiger partial charge is 0.759 e. The van der Waals surface area contributed by atoms with Crippen LogP contribution in [0.2, 0.25) is 5.02 Å². The van der Waals surface area contributed by atoms with Gasteiger partial charge in [0.25, 0.3) is 0 Å². The molecule has 0 fully saturated rings. The van der Waals surface area contributed by atoms with E-state index < -0.39 is 0 Å². The molecular weight excluding hydrogens is 288 g/mol. The first kappa shape index (κ1) is 13.4. The fourth-order valence-corrected chi connectivity index (χ4v) is 3.14. The molecule has 2 aromatic rings. The number of rotatable bonds is 1. The molecule has 0 radical (unpaired) electrons. The molecule has 3 rings (SSSR count). The highest BCUT2D eigenvalue weighted by Gasteiger charge is 2.19. The fraction of sp³-hybridized carbons (Fsp3) is 0.250. The van der Waals surface area contributed by atoms with Gasteiger partial charge in [-0.2, -0.15) is 5.26 Å². The molecule has 0 N–H and O–H groups in total. The number of nitriles is 1. The van der Waals surface area contributed by atoms with Crippen molar-refractivity contribution >= 4 is 24.2 Å². The number of fused-ring (bicyclic) bond motifs is 1. The van der Waals surface area contributed by atoms with Crippen LogP contribution in [0.1, 0.15) is 29.5 Å². The molecule has 1 heterocycles. The molecule has 0 spiro atoms. The van der Waals surface area contributed by atoms with E-state index in [0.717, 1.165) is 42.5 Å². The van der Waals surface area contributed by atoms with Gasteiger partial charge in [0.15, 0.2) is 0 Å². The van der Waals surface area contributed by atoms with Crippen LogP contribution < -0.4 is 0 Å². The van der Waals surface area contributed by atoms with Gasteiger partial charge < -0.3 is 12.6 Å². The van der Waals surface area contributed by atoms with Crippen molar-refractivity contribution in [3.05, 3.63) is 46.0 Å². The smallest absolute Gasteiger partial charge is 0.0994 e. The lowest BCUT2D eigenvalue weighted by Crippen LogP contribution is -2.10. The van der Waals surface area contributed by atoms with Crippen LogP contribution in [0.3, 0.4) is 0 Å². The average molecular weight is 300 g/mol. The average Bonchev–Trinajstić information content (AvgIpc) is 2.47. The van der Waals surface area contributed by atoms with Crippen molar-refractivity contribution in [2.75, 3.05) is 0 Å². The molecule has 20 heavy (non-hydrogen) atoms. The molecule has 1 aromatic heterocycles. The summed E-state index contributed by atoms with van der Waals surface area (Å²) in [6, 6.07) is 9.85. The van der Waals surface area contributed by atoms with Gasteiger partial charge in [0.2, 0.25) is 0 Å². The molecule has 0 atom stereocenters. The lowest BCUT2D eigenvalue weighted by molar-refractivity contribution is 0.678. The fourth-order valence-electron chi connectivity index (χ4n) is 2.76. The third-order valence-electron chi connectivity index (χ3n) is 3.71. The van der Waals surface area contributed by atoms with Crippen molar-refractivity contribution in [2.45, 2.75) is 30.7 Å². The van der Waals surface area contributed by atoms with Crippen LogP contribution in [-0.4, -0.2) is 4.98 Å². The number of pyridine rings is 1. The number of benzene rings is 1. The van der Waals surface area contributed by atoms with E-state index in [1.54, 1.807) is 0 Å². The third-order valence-corrected chi connectivity index (χ3v) is 4.26. The SMILES string of the molecule is N#Cc1c([S-])nc(-c2ccc(Cl)cc2)c2c1CCCC2. The van der Waals surface area contributed by atoms with Crippen LogP contribution in [0.25, 0.3) is 11.3 Å². The normalized spacial score (nSPS) is 13.6. The van der Waals surface area contributed by atoms with E-state index in [9.17, 15) is 5.26 Å². The summed E-state index contributed by atoms with van der Waals surface area (Å²) in [5.74, 6) is 0. The van der Waals surface area contributed by atoms with Crippen molar-refractivity contribution in [3.63, 3.8) is 0 Å². The Balaban J connectivity index is 2.24. The third kappa shape index (κ3) is 2.26. The van der Waals surface area contributed by atoms with Crippen LogP contribution in [0.5, 0.6) is 0 Å². The molecule has 100 valence electrons. The number of aromatic nitrogens is 1. The molecule has 0 unspecified atom stereocenters. The number of hydrogen-bond acceptors (Lipinski definition) is 3. The highest BCUT2D eigenvalue weighted by molar-refractivity contribution is 7.58. The highest BCUT2D eigenvalue weighted by Crippen LogP contribution is 2.33. The van der Waals surface area contributed by atoms with Gasteiger partial charge in [0, 0.05) is 10.6 Å². The van der Waals surface area contributed by atoms with Gasteiger partial charge in [-0.1, -0.05) is 28.8 Å². The highest BCUT2D eigenvalue weighted by atomic mass is 35.5. The first-order valence-corrected chi connectivity index (χ1v) is 7.38. The second-order valence-corrected chi connectivity index (χ2v) is 5.75. The van der Waals surface area contributed by atoms with Gasteiger partial charge in [-0.05, 0) is 48.9 Å². The Bertz CT molecular complexity index is 702. The Labute approximate surface area is 128 Å². The Hall–Kier alpha value is -1.63. The van der Waals surface area contributed by atoms with Gasteiger partial charge in [-0.15, -0.1) is 0 Å². The minimum atomic E-state index is 0.415. The summed E-state index contributed by atoms with van der Waals surface area (Å²) in [6.07, 6.45) is 4.13. The van der Waals surface area contributed by atoms with E-state index in [2.05, 4.69) is 11.1 Å². The predicted octanol–water partition coefficient (Wildman–Crippen LogP) is 4.06. The first-order valence-electron chi connectivity index (χ1n) is 6.59. The van der Waals surface area contributed by atoms with E-state index >= 15 is 0 Å². The maximum Gasteiger partial charge on any atom is 0.0994 e. The Morgan fingerprint density at radius 3 is 2.40 bits per heavy atom. The first-order chi connectivity index (χ1) is 9.70. The minimum Gasteiger partial charge on any atom is -0.759 e. The van der Waals surface area contributed by atoms with Crippen LogP contribution >= 0.6 is 11.6 Å². The molecule has 1 aliphatic rings. The molecule has 1 aromatic carbocycles. The minimum absolute atomic E-state index is 0.415. The molecule has 0 bridgehead atoms. The monoisotopic (exact) mass is 299 g/mol. The summed E-state index contributed by atoms with van der Waals surface area (Å²) in [5, 5.41) is 10.4. The number of hydrogen-bond donors (Lipinski definition) is 0.